The summed E-state index contributed by atoms with van der Waals surface area (Å²) in [6.45, 7) is 1.71. The second-order valence-electron chi connectivity index (χ2n) is 5.77. The van der Waals surface area contributed by atoms with Gasteiger partial charge in [0.05, 0.1) is 24.7 Å². The first-order valence-corrected chi connectivity index (χ1v) is 7.46. The lowest BCUT2D eigenvalue weighted by molar-refractivity contribution is -0.125. The van der Waals surface area contributed by atoms with Crippen molar-refractivity contribution in [1.82, 2.24) is 5.32 Å². The summed E-state index contributed by atoms with van der Waals surface area (Å²) in [4.78, 5) is 12.7. The Balaban J connectivity index is 1.77. The molecule has 0 spiro atoms. The second-order valence-corrected chi connectivity index (χ2v) is 5.77. The Bertz CT molecular complexity index is 511. The Labute approximate surface area is 124 Å². The van der Waals surface area contributed by atoms with E-state index in [-0.39, 0.29) is 18.4 Å². The summed E-state index contributed by atoms with van der Waals surface area (Å²) in [6, 6.07) is 7.69. The third-order valence-electron chi connectivity index (χ3n) is 4.36. The van der Waals surface area contributed by atoms with Crippen molar-refractivity contribution in [3.8, 4) is 5.75 Å². The average Bonchev–Trinajstić information content (AvgIpc) is 2.95. The molecule has 114 valence electrons. The van der Waals surface area contributed by atoms with E-state index in [9.17, 15) is 9.90 Å². The minimum atomic E-state index is -0.418. The second kappa shape index (κ2) is 6.03. The largest absolute Gasteiger partial charge is 0.493 e. The van der Waals surface area contributed by atoms with E-state index < -0.39 is 5.54 Å². The summed E-state index contributed by atoms with van der Waals surface area (Å²) in [7, 11) is 0. The van der Waals surface area contributed by atoms with Crippen LogP contribution in [-0.2, 0) is 9.53 Å². The fraction of sp³-hybridized carbons (Fsp3) is 0.562. The number of ether oxygens (including phenoxy) is 2. The summed E-state index contributed by atoms with van der Waals surface area (Å²) in [5, 5.41) is 12.4. The molecule has 1 fully saturated rings. The van der Waals surface area contributed by atoms with Gasteiger partial charge in [0.2, 0.25) is 5.91 Å². The van der Waals surface area contributed by atoms with Crippen LogP contribution < -0.4 is 10.1 Å². The monoisotopic (exact) mass is 291 g/mol. The maximum absolute atomic E-state index is 12.7. The van der Waals surface area contributed by atoms with Crippen LogP contribution in [0.25, 0.3) is 0 Å². The molecule has 5 heteroatoms. The highest BCUT2D eigenvalue weighted by atomic mass is 16.5. The van der Waals surface area contributed by atoms with Crippen molar-refractivity contribution in [3.63, 3.8) is 0 Å². The van der Waals surface area contributed by atoms with Gasteiger partial charge in [-0.2, -0.15) is 0 Å². The molecule has 2 heterocycles. The lowest BCUT2D eigenvalue weighted by Gasteiger charge is -2.32. The number of carbonyl (C=O) groups is 1. The van der Waals surface area contributed by atoms with Gasteiger partial charge in [-0.05, 0) is 25.3 Å². The van der Waals surface area contributed by atoms with E-state index >= 15 is 0 Å². The van der Waals surface area contributed by atoms with Crippen LogP contribution in [0.15, 0.2) is 24.3 Å². The molecule has 1 aromatic carbocycles. The number of carbonyl (C=O) groups excluding carboxylic acids is 1. The Hall–Kier alpha value is -1.59. The van der Waals surface area contributed by atoms with Gasteiger partial charge in [-0.25, -0.2) is 0 Å². The van der Waals surface area contributed by atoms with Crippen LogP contribution in [0.5, 0.6) is 5.75 Å². The smallest absolute Gasteiger partial charge is 0.228 e. The van der Waals surface area contributed by atoms with Crippen LogP contribution >= 0.6 is 0 Å². The quantitative estimate of drug-likeness (QED) is 0.875. The third kappa shape index (κ3) is 2.89. The number of hydrogen-bond acceptors (Lipinski definition) is 4. The topological polar surface area (TPSA) is 67.8 Å². The van der Waals surface area contributed by atoms with Crippen molar-refractivity contribution >= 4 is 5.91 Å². The van der Waals surface area contributed by atoms with Crippen molar-refractivity contribution in [3.05, 3.63) is 29.8 Å². The molecule has 0 saturated carbocycles. The van der Waals surface area contributed by atoms with Crippen molar-refractivity contribution in [2.45, 2.75) is 30.7 Å². The number of aliphatic hydroxyl groups is 1. The molecule has 3 rings (SSSR count). The number of para-hydroxylation sites is 1. The molecule has 0 bridgehead atoms. The maximum atomic E-state index is 12.7. The Morgan fingerprint density at radius 3 is 3.00 bits per heavy atom. The van der Waals surface area contributed by atoms with Gasteiger partial charge < -0.3 is 19.9 Å². The van der Waals surface area contributed by atoms with Crippen LogP contribution in [0.2, 0.25) is 0 Å². The molecule has 2 aliphatic rings. The zero-order valence-electron chi connectivity index (χ0n) is 12.0. The molecule has 0 aliphatic carbocycles. The number of rotatable bonds is 4. The van der Waals surface area contributed by atoms with Crippen LogP contribution in [0.3, 0.4) is 0 Å². The van der Waals surface area contributed by atoms with E-state index in [0.29, 0.717) is 32.7 Å². The van der Waals surface area contributed by atoms with E-state index in [4.69, 9.17) is 9.47 Å². The number of nitrogens with one attached hydrogen (secondary N) is 1. The van der Waals surface area contributed by atoms with Crippen LogP contribution in [-0.4, -0.2) is 43.0 Å². The van der Waals surface area contributed by atoms with Crippen molar-refractivity contribution in [1.29, 1.82) is 0 Å². The Morgan fingerprint density at radius 1 is 1.38 bits per heavy atom. The standard InChI is InChI=1S/C16H21NO4/c18-8-6-16(7-10-20-11-16)17-15(19)13-5-9-21-14-4-2-1-3-12(13)14/h1-4,13,18H,5-11H2,(H,17,19). The van der Waals surface area contributed by atoms with E-state index in [2.05, 4.69) is 5.32 Å². The third-order valence-corrected chi connectivity index (χ3v) is 4.36. The molecular formula is C16H21NO4. The SMILES string of the molecule is O=C(NC1(CCO)CCOC1)C1CCOc2ccccc21. The highest BCUT2D eigenvalue weighted by molar-refractivity contribution is 5.85. The molecule has 1 amide bonds. The van der Waals surface area contributed by atoms with Crippen LogP contribution in [0.4, 0.5) is 0 Å². The minimum absolute atomic E-state index is 0.00435. The fourth-order valence-electron chi connectivity index (χ4n) is 3.14. The predicted molar refractivity (Wildman–Crippen MR) is 77.3 cm³/mol. The molecule has 2 N–H and O–H groups in total. The number of hydrogen-bond donors (Lipinski definition) is 2. The normalized spacial score (nSPS) is 27.8. The molecule has 2 unspecified atom stereocenters. The lowest BCUT2D eigenvalue weighted by atomic mass is 9.89. The minimum Gasteiger partial charge on any atom is -0.493 e. The maximum Gasteiger partial charge on any atom is 0.228 e. The summed E-state index contributed by atoms with van der Waals surface area (Å²) in [5.41, 5.74) is 0.526. The first kappa shape index (κ1) is 14.4. The molecule has 0 aromatic heterocycles. The number of benzene rings is 1. The van der Waals surface area contributed by atoms with Gasteiger partial charge in [-0.1, -0.05) is 18.2 Å². The van der Waals surface area contributed by atoms with Crippen molar-refractivity contribution < 1.29 is 19.4 Å². The van der Waals surface area contributed by atoms with Gasteiger partial charge in [0.25, 0.3) is 0 Å². The lowest BCUT2D eigenvalue weighted by Crippen LogP contribution is -2.51. The van der Waals surface area contributed by atoms with Gasteiger partial charge in [-0.3, -0.25) is 4.79 Å². The van der Waals surface area contributed by atoms with Gasteiger partial charge in [0, 0.05) is 18.8 Å². The van der Waals surface area contributed by atoms with Crippen LogP contribution in [0.1, 0.15) is 30.7 Å². The molecule has 2 aliphatic heterocycles. The summed E-state index contributed by atoms with van der Waals surface area (Å²) >= 11 is 0. The zero-order chi connectivity index (χ0) is 14.7. The highest BCUT2D eigenvalue weighted by Crippen LogP contribution is 2.34. The molecule has 1 saturated heterocycles. The Kier molecular flexibility index (Phi) is 4.12. The van der Waals surface area contributed by atoms with Crippen molar-refractivity contribution in [2.75, 3.05) is 26.4 Å². The predicted octanol–water partition coefficient (Wildman–Crippen LogP) is 1.21. The summed E-state index contributed by atoms with van der Waals surface area (Å²) < 4.78 is 11.0. The zero-order valence-corrected chi connectivity index (χ0v) is 12.0. The summed E-state index contributed by atoms with van der Waals surface area (Å²) in [5.74, 6) is 0.610. The van der Waals surface area contributed by atoms with Crippen LogP contribution in [0, 0.1) is 0 Å². The Morgan fingerprint density at radius 2 is 2.24 bits per heavy atom. The average molecular weight is 291 g/mol. The first-order chi connectivity index (χ1) is 10.2. The summed E-state index contributed by atoms with van der Waals surface area (Å²) in [6.07, 6.45) is 1.96. The van der Waals surface area contributed by atoms with Gasteiger partial charge >= 0.3 is 0 Å². The van der Waals surface area contributed by atoms with E-state index in [1.54, 1.807) is 0 Å². The van der Waals surface area contributed by atoms with E-state index in [1.165, 1.54) is 0 Å². The molecule has 0 radical (unpaired) electrons. The molecule has 1 aromatic rings. The molecule has 5 nitrogen and oxygen atoms in total. The van der Waals surface area contributed by atoms with Gasteiger partial charge in [0.1, 0.15) is 5.75 Å². The first-order valence-electron chi connectivity index (χ1n) is 7.46. The number of amides is 1. The van der Waals surface area contributed by atoms with E-state index in [0.717, 1.165) is 17.7 Å². The van der Waals surface area contributed by atoms with Gasteiger partial charge in [-0.15, -0.1) is 0 Å². The highest BCUT2D eigenvalue weighted by Gasteiger charge is 2.38. The number of fused-ring (bicyclic) bond motifs is 1. The van der Waals surface area contributed by atoms with Gasteiger partial charge in [0.15, 0.2) is 0 Å². The molecule has 21 heavy (non-hydrogen) atoms. The fourth-order valence-corrected chi connectivity index (χ4v) is 3.14. The molecular weight excluding hydrogens is 270 g/mol. The number of aliphatic hydroxyl groups excluding tert-OH is 1. The van der Waals surface area contributed by atoms with Crippen molar-refractivity contribution in [2.24, 2.45) is 0 Å². The molecule has 2 atom stereocenters. The van der Waals surface area contributed by atoms with E-state index in [1.807, 2.05) is 24.3 Å².